The van der Waals surface area contributed by atoms with Gasteiger partial charge in [-0.05, 0) is 23.8 Å². The number of non-ortho nitro benzene ring substituents is 1. The predicted octanol–water partition coefficient (Wildman–Crippen LogP) is 3.21. The summed E-state index contributed by atoms with van der Waals surface area (Å²) in [6.45, 7) is 0. The van der Waals surface area contributed by atoms with Crippen molar-refractivity contribution >= 4 is 52.5 Å². The van der Waals surface area contributed by atoms with Crippen LogP contribution in [0.4, 0.5) is 5.69 Å². The number of nitro groups is 1. The zero-order chi connectivity index (χ0) is 14.9. The number of cyclic esters (lactones) is 1. The molecule has 2 rings (SSSR count). The number of hydrogen-bond donors (Lipinski definition) is 0. The molecule has 0 radical (unpaired) electrons. The first-order valence-electron chi connectivity index (χ1n) is 5.18. The summed E-state index contributed by atoms with van der Waals surface area (Å²) in [5, 5.41) is 10.5. The van der Waals surface area contributed by atoms with E-state index in [1.54, 1.807) is 0 Å². The largest absolute Gasteiger partial charge is 0.443 e. The van der Waals surface area contributed by atoms with Gasteiger partial charge in [-0.15, -0.1) is 0 Å². The maximum atomic E-state index is 11.5. The number of carbonyl (C=O) groups is 1. The number of carbonyl (C=O) groups excluding carboxylic acids is 1. The van der Waals surface area contributed by atoms with Gasteiger partial charge in [0.25, 0.3) is 15.8 Å². The molecule has 0 saturated carbocycles. The molecular formula is C11H6Cl3NO5. The monoisotopic (exact) mass is 337 g/mol. The Morgan fingerprint density at radius 3 is 2.25 bits per heavy atom. The Morgan fingerprint density at radius 2 is 1.80 bits per heavy atom. The number of benzene rings is 1. The zero-order valence-corrected chi connectivity index (χ0v) is 11.9. The molecule has 0 bridgehead atoms. The summed E-state index contributed by atoms with van der Waals surface area (Å²) in [6, 6.07) is 5.48. The van der Waals surface area contributed by atoms with E-state index in [1.165, 1.54) is 30.3 Å². The standard InChI is InChI=1S/C11H6Cl3NO5/c12-11(13,14)10-19-8(9(16)20-10)5-6-1-3-7(4-2-6)15(17)18/h1-5,10H/b8-5-. The molecule has 1 unspecified atom stereocenters. The smallest absolute Gasteiger partial charge is 0.377 e. The van der Waals surface area contributed by atoms with Crippen LogP contribution in [0.15, 0.2) is 30.0 Å². The van der Waals surface area contributed by atoms with Gasteiger partial charge in [0, 0.05) is 12.1 Å². The van der Waals surface area contributed by atoms with Crippen LogP contribution in [0.2, 0.25) is 0 Å². The third kappa shape index (κ3) is 3.33. The fourth-order valence-corrected chi connectivity index (χ4v) is 1.68. The first kappa shape index (κ1) is 14.9. The molecule has 1 saturated heterocycles. The summed E-state index contributed by atoms with van der Waals surface area (Å²) in [5.41, 5.74) is 0.439. The van der Waals surface area contributed by atoms with Crippen LogP contribution >= 0.6 is 34.8 Å². The van der Waals surface area contributed by atoms with Gasteiger partial charge in [0.05, 0.1) is 4.92 Å². The highest BCUT2D eigenvalue weighted by molar-refractivity contribution is 6.68. The molecule has 0 N–H and O–H groups in total. The molecule has 1 heterocycles. The van der Waals surface area contributed by atoms with Crippen LogP contribution in [0.5, 0.6) is 0 Å². The molecule has 0 spiro atoms. The van der Waals surface area contributed by atoms with E-state index in [2.05, 4.69) is 0 Å². The molecule has 1 aliphatic rings. The van der Waals surface area contributed by atoms with Crippen molar-refractivity contribution in [2.45, 2.75) is 10.1 Å². The van der Waals surface area contributed by atoms with E-state index in [1.807, 2.05) is 0 Å². The molecule has 0 aliphatic carbocycles. The number of halogens is 3. The highest BCUT2D eigenvalue weighted by Gasteiger charge is 2.44. The maximum absolute atomic E-state index is 11.5. The Labute approximate surface area is 128 Å². The molecule has 6 nitrogen and oxygen atoms in total. The molecule has 9 heteroatoms. The summed E-state index contributed by atoms with van der Waals surface area (Å²) < 4.78 is 7.92. The van der Waals surface area contributed by atoms with Gasteiger partial charge < -0.3 is 9.47 Å². The minimum absolute atomic E-state index is 0.0683. The molecule has 1 aromatic rings. The molecule has 20 heavy (non-hydrogen) atoms. The summed E-state index contributed by atoms with van der Waals surface area (Å²) in [4.78, 5) is 21.5. The van der Waals surface area contributed by atoms with E-state index in [9.17, 15) is 14.9 Å². The van der Waals surface area contributed by atoms with Crippen molar-refractivity contribution < 1.29 is 19.2 Å². The van der Waals surface area contributed by atoms with Gasteiger partial charge in [0.2, 0.25) is 5.76 Å². The Morgan fingerprint density at radius 1 is 1.20 bits per heavy atom. The van der Waals surface area contributed by atoms with Crippen molar-refractivity contribution in [1.29, 1.82) is 0 Å². The third-order valence-corrected chi connectivity index (χ3v) is 2.85. The van der Waals surface area contributed by atoms with Gasteiger partial charge in [0.1, 0.15) is 0 Å². The highest BCUT2D eigenvalue weighted by atomic mass is 35.6. The van der Waals surface area contributed by atoms with Crippen molar-refractivity contribution in [3.05, 3.63) is 45.7 Å². The highest BCUT2D eigenvalue weighted by Crippen LogP contribution is 2.38. The van der Waals surface area contributed by atoms with Crippen LogP contribution in [-0.2, 0) is 14.3 Å². The molecule has 1 aromatic carbocycles. The number of hydrogen-bond acceptors (Lipinski definition) is 5. The minimum atomic E-state index is -1.90. The number of rotatable bonds is 2. The average molecular weight is 339 g/mol. The molecule has 0 amide bonds. The molecule has 1 atom stereocenters. The molecule has 106 valence electrons. The van der Waals surface area contributed by atoms with Gasteiger partial charge in [-0.25, -0.2) is 4.79 Å². The normalized spacial score (nSPS) is 20.6. The van der Waals surface area contributed by atoms with Crippen molar-refractivity contribution in [3.8, 4) is 0 Å². The van der Waals surface area contributed by atoms with Gasteiger partial charge >= 0.3 is 5.97 Å². The summed E-state index contributed by atoms with van der Waals surface area (Å²) in [5.74, 6) is -0.921. The lowest BCUT2D eigenvalue weighted by molar-refractivity contribution is -0.384. The summed E-state index contributed by atoms with van der Waals surface area (Å²) in [6.07, 6.45) is 0.00643. The van der Waals surface area contributed by atoms with Gasteiger partial charge in [0.15, 0.2) is 0 Å². The fourth-order valence-electron chi connectivity index (χ4n) is 1.41. The average Bonchev–Trinajstić information content (AvgIpc) is 2.71. The van der Waals surface area contributed by atoms with E-state index in [0.717, 1.165) is 0 Å². The number of ether oxygens (including phenoxy) is 2. The van der Waals surface area contributed by atoms with E-state index in [4.69, 9.17) is 44.3 Å². The first-order chi connectivity index (χ1) is 9.27. The van der Waals surface area contributed by atoms with Gasteiger partial charge in [-0.2, -0.15) is 0 Å². The Kier molecular flexibility index (Phi) is 4.08. The Hall–Kier alpha value is -1.50. The van der Waals surface area contributed by atoms with Crippen LogP contribution in [0.1, 0.15) is 5.56 Å². The molecular weight excluding hydrogens is 332 g/mol. The Balaban J connectivity index is 2.19. The second-order valence-electron chi connectivity index (χ2n) is 3.75. The van der Waals surface area contributed by atoms with E-state index in [-0.39, 0.29) is 11.4 Å². The lowest BCUT2D eigenvalue weighted by Crippen LogP contribution is -2.26. The zero-order valence-electron chi connectivity index (χ0n) is 9.59. The van der Waals surface area contributed by atoms with Crippen LogP contribution < -0.4 is 0 Å². The quantitative estimate of drug-likeness (QED) is 0.272. The van der Waals surface area contributed by atoms with Crippen molar-refractivity contribution in [2.75, 3.05) is 0 Å². The topological polar surface area (TPSA) is 78.7 Å². The number of nitrogens with zero attached hydrogens (tertiary/aromatic N) is 1. The van der Waals surface area contributed by atoms with Crippen molar-refractivity contribution in [2.24, 2.45) is 0 Å². The lowest BCUT2D eigenvalue weighted by atomic mass is 10.2. The van der Waals surface area contributed by atoms with Crippen LogP contribution in [-0.4, -0.2) is 21.0 Å². The minimum Gasteiger partial charge on any atom is -0.443 e. The summed E-state index contributed by atoms with van der Waals surface area (Å²) in [7, 11) is 0. The number of alkyl halides is 3. The van der Waals surface area contributed by atoms with Crippen LogP contribution in [0.25, 0.3) is 6.08 Å². The Bertz CT molecular complexity index is 579. The molecule has 1 aliphatic heterocycles. The number of nitro benzene ring substituents is 1. The van der Waals surface area contributed by atoms with E-state index >= 15 is 0 Å². The van der Waals surface area contributed by atoms with Crippen molar-refractivity contribution in [3.63, 3.8) is 0 Å². The van der Waals surface area contributed by atoms with Crippen LogP contribution in [0, 0.1) is 10.1 Å². The first-order valence-corrected chi connectivity index (χ1v) is 6.31. The third-order valence-electron chi connectivity index (χ3n) is 2.32. The summed E-state index contributed by atoms with van der Waals surface area (Å²) >= 11 is 16.7. The molecule has 1 fully saturated rings. The van der Waals surface area contributed by atoms with E-state index < -0.39 is 21.0 Å². The van der Waals surface area contributed by atoms with Gasteiger partial charge in [-0.1, -0.05) is 34.8 Å². The number of esters is 1. The second-order valence-corrected chi connectivity index (χ2v) is 6.12. The predicted molar refractivity (Wildman–Crippen MR) is 72.3 cm³/mol. The van der Waals surface area contributed by atoms with Gasteiger partial charge in [-0.3, -0.25) is 10.1 Å². The lowest BCUT2D eigenvalue weighted by Gasteiger charge is -2.15. The maximum Gasteiger partial charge on any atom is 0.377 e. The van der Waals surface area contributed by atoms with E-state index in [0.29, 0.717) is 5.56 Å². The fraction of sp³-hybridized carbons (Fsp3) is 0.182. The van der Waals surface area contributed by atoms with Crippen molar-refractivity contribution in [1.82, 2.24) is 0 Å². The van der Waals surface area contributed by atoms with Crippen LogP contribution in [0.3, 0.4) is 0 Å². The SMILES string of the molecule is O=C1OC(C(Cl)(Cl)Cl)O/C1=C\c1ccc([N+](=O)[O-])cc1. The molecule has 0 aromatic heterocycles. The second kappa shape index (κ2) is 5.47.